The van der Waals surface area contributed by atoms with Crippen LogP contribution in [-0.4, -0.2) is 36.6 Å². The number of rotatable bonds is 7. The lowest BCUT2D eigenvalue weighted by Gasteiger charge is -2.28. The first-order valence-electron chi connectivity index (χ1n) is 7.75. The maximum atomic E-state index is 3.76. The monoisotopic (exact) mass is 240 g/mol. The van der Waals surface area contributed by atoms with E-state index >= 15 is 0 Å². The number of hydrogen-bond acceptors (Lipinski definition) is 2. The van der Waals surface area contributed by atoms with Gasteiger partial charge in [0.25, 0.3) is 0 Å². The molecule has 1 saturated carbocycles. The average molecular weight is 240 g/mol. The molecule has 1 unspecified atom stereocenters. The Labute approximate surface area is 108 Å². The minimum Gasteiger partial charge on any atom is -0.313 e. The van der Waals surface area contributed by atoms with Crippen LogP contribution in [-0.2, 0) is 0 Å². The second kappa shape index (κ2) is 8.93. The third-order valence-corrected chi connectivity index (χ3v) is 4.31. The highest BCUT2D eigenvalue weighted by molar-refractivity contribution is 4.72. The van der Waals surface area contributed by atoms with E-state index in [-0.39, 0.29) is 0 Å². The molecule has 2 nitrogen and oxygen atoms in total. The van der Waals surface area contributed by atoms with Gasteiger partial charge in [0.05, 0.1) is 0 Å². The van der Waals surface area contributed by atoms with Crippen LogP contribution in [0.2, 0.25) is 0 Å². The van der Waals surface area contributed by atoms with E-state index in [0.29, 0.717) is 0 Å². The van der Waals surface area contributed by atoms with Crippen molar-refractivity contribution in [3.8, 4) is 0 Å². The van der Waals surface area contributed by atoms with Crippen LogP contribution in [0, 0.1) is 0 Å². The zero-order chi connectivity index (χ0) is 12.5. The number of nitrogens with one attached hydrogen (secondary N) is 1. The predicted molar refractivity (Wildman–Crippen MR) is 76.5 cm³/mol. The summed E-state index contributed by atoms with van der Waals surface area (Å²) in [6, 6.07) is 1.53. The maximum Gasteiger partial charge on any atom is 0.0110 e. The standard InChI is InChI=1S/C15H32N2/c1-4-14(3)17(5-2)13-12-16-15-10-8-6-7-9-11-15/h14-16H,4-13H2,1-3H3. The van der Waals surface area contributed by atoms with Crippen LogP contribution in [0.15, 0.2) is 0 Å². The van der Waals surface area contributed by atoms with E-state index < -0.39 is 0 Å². The molecule has 0 spiro atoms. The second-order valence-electron chi connectivity index (χ2n) is 5.53. The average Bonchev–Trinajstić information content (AvgIpc) is 2.62. The van der Waals surface area contributed by atoms with Gasteiger partial charge in [-0.1, -0.05) is 39.5 Å². The van der Waals surface area contributed by atoms with Gasteiger partial charge < -0.3 is 5.32 Å². The van der Waals surface area contributed by atoms with Crippen molar-refractivity contribution in [3.05, 3.63) is 0 Å². The smallest absolute Gasteiger partial charge is 0.0110 e. The Morgan fingerprint density at radius 1 is 1.12 bits per heavy atom. The summed E-state index contributed by atoms with van der Waals surface area (Å²) in [7, 11) is 0. The molecule has 0 saturated heterocycles. The van der Waals surface area contributed by atoms with Crippen LogP contribution >= 0.6 is 0 Å². The normalized spacial score (nSPS) is 20.5. The minimum absolute atomic E-state index is 0.732. The predicted octanol–water partition coefficient (Wildman–Crippen LogP) is 3.42. The van der Waals surface area contributed by atoms with E-state index in [9.17, 15) is 0 Å². The SMILES string of the molecule is CCC(C)N(CC)CCNC1CCCCCC1. The van der Waals surface area contributed by atoms with Gasteiger partial charge in [-0.05, 0) is 32.7 Å². The number of hydrogen-bond donors (Lipinski definition) is 1. The molecular weight excluding hydrogens is 208 g/mol. The molecule has 1 aliphatic rings. The molecule has 1 N–H and O–H groups in total. The molecule has 0 radical (unpaired) electrons. The Kier molecular flexibility index (Phi) is 7.87. The molecule has 0 aromatic heterocycles. The molecule has 0 aromatic rings. The van der Waals surface area contributed by atoms with Crippen LogP contribution in [0.5, 0.6) is 0 Å². The lowest BCUT2D eigenvalue weighted by atomic mass is 10.1. The zero-order valence-corrected chi connectivity index (χ0v) is 12.2. The van der Waals surface area contributed by atoms with Crippen LogP contribution in [0.3, 0.4) is 0 Å². The molecule has 0 heterocycles. The van der Waals surface area contributed by atoms with Crippen molar-refractivity contribution in [2.75, 3.05) is 19.6 Å². The van der Waals surface area contributed by atoms with Crippen LogP contribution in [0.1, 0.15) is 65.7 Å². The largest absolute Gasteiger partial charge is 0.313 e. The van der Waals surface area contributed by atoms with Crippen molar-refractivity contribution < 1.29 is 0 Å². The van der Waals surface area contributed by atoms with Gasteiger partial charge in [-0.15, -0.1) is 0 Å². The fraction of sp³-hybridized carbons (Fsp3) is 1.00. The molecule has 1 rings (SSSR count). The van der Waals surface area contributed by atoms with Crippen molar-refractivity contribution in [1.82, 2.24) is 10.2 Å². The first kappa shape index (κ1) is 15.0. The zero-order valence-electron chi connectivity index (χ0n) is 12.2. The van der Waals surface area contributed by atoms with Gasteiger partial charge in [-0.2, -0.15) is 0 Å². The van der Waals surface area contributed by atoms with Crippen molar-refractivity contribution >= 4 is 0 Å². The van der Waals surface area contributed by atoms with E-state index in [2.05, 4.69) is 31.0 Å². The quantitative estimate of drug-likeness (QED) is 0.686. The van der Waals surface area contributed by atoms with Crippen LogP contribution in [0.4, 0.5) is 0 Å². The van der Waals surface area contributed by atoms with Gasteiger partial charge in [0.15, 0.2) is 0 Å². The summed E-state index contributed by atoms with van der Waals surface area (Å²) in [6.07, 6.45) is 9.82. The van der Waals surface area contributed by atoms with Crippen molar-refractivity contribution in [3.63, 3.8) is 0 Å². The van der Waals surface area contributed by atoms with Crippen molar-refractivity contribution in [1.29, 1.82) is 0 Å². The van der Waals surface area contributed by atoms with Crippen molar-refractivity contribution in [2.24, 2.45) is 0 Å². The van der Waals surface area contributed by atoms with E-state index in [1.54, 1.807) is 0 Å². The maximum absolute atomic E-state index is 3.76. The molecule has 102 valence electrons. The van der Waals surface area contributed by atoms with Gasteiger partial charge in [-0.25, -0.2) is 0 Å². The molecule has 2 heteroatoms. The molecule has 0 aliphatic heterocycles. The van der Waals surface area contributed by atoms with E-state index in [1.807, 2.05) is 0 Å². The van der Waals surface area contributed by atoms with Gasteiger partial charge in [0.2, 0.25) is 0 Å². The fourth-order valence-corrected chi connectivity index (χ4v) is 2.84. The highest BCUT2D eigenvalue weighted by atomic mass is 15.2. The topological polar surface area (TPSA) is 15.3 Å². The van der Waals surface area contributed by atoms with Crippen LogP contribution < -0.4 is 5.32 Å². The summed E-state index contributed by atoms with van der Waals surface area (Å²) in [4.78, 5) is 2.59. The number of nitrogens with zero attached hydrogens (tertiary/aromatic N) is 1. The molecule has 0 aromatic carbocycles. The Morgan fingerprint density at radius 3 is 2.29 bits per heavy atom. The summed E-state index contributed by atoms with van der Waals surface area (Å²) in [6.45, 7) is 10.5. The Morgan fingerprint density at radius 2 is 1.76 bits per heavy atom. The molecule has 1 fully saturated rings. The molecule has 1 atom stereocenters. The van der Waals surface area contributed by atoms with Crippen LogP contribution in [0.25, 0.3) is 0 Å². The highest BCUT2D eigenvalue weighted by Gasteiger charge is 2.13. The second-order valence-corrected chi connectivity index (χ2v) is 5.53. The molecule has 0 bridgehead atoms. The third-order valence-electron chi connectivity index (χ3n) is 4.31. The Hall–Kier alpha value is -0.0800. The summed E-state index contributed by atoms with van der Waals surface area (Å²) >= 11 is 0. The highest BCUT2D eigenvalue weighted by Crippen LogP contribution is 2.17. The lowest BCUT2D eigenvalue weighted by molar-refractivity contribution is 0.211. The molecule has 1 aliphatic carbocycles. The lowest BCUT2D eigenvalue weighted by Crippen LogP contribution is -2.40. The molecule has 0 amide bonds. The molecule has 17 heavy (non-hydrogen) atoms. The Balaban J connectivity index is 2.16. The van der Waals surface area contributed by atoms with Gasteiger partial charge in [0.1, 0.15) is 0 Å². The first-order chi connectivity index (χ1) is 8.27. The third kappa shape index (κ3) is 5.87. The Bertz CT molecular complexity index is 174. The van der Waals surface area contributed by atoms with Gasteiger partial charge in [-0.3, -0.25) is 4.90 Å². The van der Waals surface area contributed by atoms with Gasteiger partial charge in [0, 0.05) is 25.2 Å². The van der Waals surface area contributed by atoms with E-state index in [4.69, 9.17) is 0 Å². The van der Waals surface area contributed by atoms with E-state index in [1.165, 1.54) is 64.6 Å². The summed E-state index contributed by atoms with van der Waals surface area (Å²) < 4.78 is 0. The summed E-state index contributed by atoms with van der Waals surface area (Å²) in [5.41, 5.74) is 0. The fourth-order valence-electron chi connectivity index (χ4n) is 2.84. The minimum atomic E-state index is 0.732. The summed E-state index contributed by atoms with van der Waals surface area (Å²) in [5.74, 6) is 0. The molecular formula is C15H32N2. The first-order valence-corrected chi connectivity index (χ1v) is 7.75. The van der Waals surface area contributed by atoms with Gasteiger partial charge >= 0.3 is 0 Å². The summed E-state index contributed by atoms with van der Waals surface area (Å²) in [5, 5.41) is 3.76. The van der Waals surface area contributed by atoms with E-state index in [0.717, 1.165) is 12.1 Å². The van der Waals surface area contributed by atoms with Crippen molar-refractivity contribution in [2.45, 2.75) is 77.8 Å². The number of likely N-dealkylation sites (N-methyl/N-ethyl adjacent to an activating group) is 1.